The van der Waals surface area contributed by atoms with Crippen molar-refractivity contribution in [1.82, 2.24) is 5.32 Å². The van der Waals surface area contributed by atoms with Gasteiger partial charge < -0.3 is 15.0 Å². The quantitative estimate of drug-likeness (QED) is 0.655. The zero-order chi connectivity index (χ0) is 19.3. The van der Waals surface area contributed by atoms with Gasteiger partial charge in [0.2, 0.25) is 5.91 Å². The summed E-state index contributed by atoms with van der Waals surface area (Å²) in [4.78, 5) is 16.2. The van der Waals surface area contributed by atoms with Crippen LogP contribution in [0.25, 0.3) is 0 Å². The van der Waals surface area contributed by atoms with E-state index in [2.05, 4.69) is 52.0 Å². The monoisotopic (exact) mass is 392 g/mol. The van der Waals surface area contributed by atoms with E-state index in [-0.39, 0.29) is 11.9 Å². The maximum Gasteiger partial charge on any atom is 0.224 e. The van der Waals surface area contributed by atoms with Gasteiger partial charge in [0.15, 0.2) is 0 Å². The molecule has 4 nitrogen and oxygen atoms in total. The van der Waals surface area contributed by atoms with E-state index in [1.54, 1.807) is 18.4 Å². The van der Waals surface area contributed by atoms with Crippen LogP contribution in [-0.2, 0) is 17.6 Å². The first kappa shape index (κ1) is 18.6. The molecule has 0 radical (unpaired) electrons. The van der Waals surface area contributed by atoms with Gasteiger partial charge in [-0.2, -0.15) is 0 Å². The molecule has 2 aromatic carbocycles. The van der Waals surface area contributed by atoms with E-state index in [1.165, 1.54) is 16.1 Å². The molecule has 1 atom stereocenters. The molecule has 0 spiro atoms. The van der Waals surface area contributed by atoms with Crippen LogP contribution in [-0.4, -0.2) is 26.1 Å². The SMILES string of the molecule is COc1ccc(CC(=O)NC[C@H](c2cccs2)N2CCc3ccccc32)cc1. The van der Waals surface area contributed by atoms with Gasteiger partial charge >= 0.3 is 0 Å². The van der Waals surface area contributed by atoms with Gasteiger partial charge in [-0.3, -0.25) is 4.79 Å². The predicted molar refractivity (Wildman–Crippen MR) is 114 cm³/mol. The molecule has 5 heteroatoms. The average molecular weight is 393 g/mol. The van der Waals surface area contributed by atoms with Crippen LogP contribution in [0.5, 0.6) is 5.75 Å². The second kappa shape index (κ2) is 8.48. The van der Waals surface area contributed by atoms with E-state index >= 15 is 0 Å². The highest BCUT2D eigenvalue weighted by Crippen LogP contribution is 2.36. The van der Waals surface area contributed by atoms with Gasteiger partial charge in [-0.15, -0.1) is 11.3 Å². The molecule has 1 aliphatic rings. The number of benzene rings is 2. The number of hydrogen-bond acceptors (Lipinski definition) is 4. The molecule has 4 rings (SSSR count). The molecule has 0 fully saturated rings. The predicted octanol–water partition coefficient (Wildman–Crippen LogP) is 4.22. The molecule has 3 aromatic rings. The first-order chi connectivity index (χ1) is 13.7. The Balaban J connectivity index is 1.44. The number of rotatable bonds is 7. The van der Waals surface area contributed by atoms with Crippen LogP contribution in [0.4, 0.5) is 5.69 Å². The van der Waals surface area contributed by atoms with Crippen molar-refractivity contribution in [3.63, 3.8) is 0 Å². The summed E-state index contributed by atoms with van der Waals surface area (Å²) in [6, 6.07) is 20.6. The number of fused-ring (bicyclic) bond motifs is 1. The third kappa shape index (κ3) is 4.04. The van der Waals surface area contributed by atoms with E-state index in [1.807, 2.05) is 24.3 Å². The fraction of sp³-hybridized carbons (Fsp3) is 0.261. The summed E-state index contributed by atoms with van der Waals surface area (Å²) in [7, 11) is 1.64. The molecule has 0 unspecified atom stereocenters. The molecule has 1 aromatic heterocycles. The van der Waals surface area contributed by atoms with Crippen LogP contribution in [0.2, 0.25) is 0 Å². The summed E-state index contributed by atoms with van der Waals surface area (Å²) in [6.07, 6.45) is 1.43. The second-order valence-electron chi connectivity index (χ2n) is 6.93. The summed E-state index contributed by atoms with van der Waals surface area (Å²) in [5, 5.41) is 5.25. The van der Waals surface area contributed by atoms with E-state index in [4.69, 9.17) is 4.74 Å². The van der Waals surface area contributed by atoms with Crippen molar-refractivity contribution >= 4 is 22.9 Å². The van der Waals surface area contributed by atoms with Gasteiger partial charge in [0.05, 0.1) is 19.6 Å². The highest BCUT2D eigenvalue weighted by Gasteiger charge is 2.27. The summed E-state index contributed by atoms with van der Waals surface area (Å²) < 4.78 is 5.18. The van der Waals surface area contributed by atoms with E-state index < -0.39 is 0 Å². The Morgan fingerprint density at radius 2 is 1.96 bits per heavy atom. The molecule has 0 aliphatic carbocycles. The van der Waals surface area contributed by atoms with Crippen molar-refractivity contribution in [3.8, 4) is 5.75 Å². The van der Waals surface area contributed by atoms with Crippen LogP contribution >= 0.6 is 11.3 Å². The number of ether oxygens (including phenoxy) is 1. The third-order valence-corrected chi connectivity index (χ3v) is 6.16. The standard InChI is InChI=1S/C23H24N2O2S/c1-27-19-10-8-17(9-11-19)15-23(26)24-16-21(22-7-4-14-28-22)25-13-12-18-5-2-3-6-20(18)25/h2-11,14,21H,12-13,15-16H2,1H3,(H,24,26)/t21-/m1/s1. The molecular formula is C23H24N2O2S. The summed E-state index contributed by atoms with van der Waals surface area (Å²) >= 11 is 1.75. The minimum atomic E-state index is 0.0409. The number of methoxy groups -OCH3 is 1. The van der Waals surface area contributed by atoms with Crippen molar-refractivity contribution in [3.05, 3.63) is 82.0 Å². The Labute approximate surface area is 169 Å². The molecule has 0 bridgehead atoms. The third-order valence-electron chi connectivity index (χ3n) is 5.19. The van der Waals surface area contributed by atoms with Gasteiger partial charge in [0, 0.05) is 23.7 Å². The van der Waals surface area contributed by atoms with Gasteiger partial charge in [0.1, 0.15) is 5.75 Å². The van der Waals surface area contributed by atoms with Crippen LogP contribution in [0.3, 0.4) is 0 Å². The maximum absolute atomic E-state index is 12.5. The Bertz CT molecular complexity index is 922. The van der Waals surface area contributed by atoms with E-state index in [9.17, 15) is 4.79 Å². The molecule has 0 saturated heterocycles. The fourth-order valence-corrected chi connectivity index (χ4v) is 4.57. The largest absolute Gasteiger partial charge is 0.497 e. The zero-order valence-corrected chi connectivity index (χ0v) is 16.7. The number of hydrogen-bond donors (Lipinski definition) is 1. The molecule has 1 amide bonds. The normalized spacial score (nSPS) is 13.8. The second-order valence-corrected chi connectivity index (χ2v) is 7.91. The fourth-order valence-electron chi connectivity index (χ4n) is 3.73. The molecule has 1 aliphatic heterocycles. The first-order valence-corrected chi connectivity index (χ1v) is 10.4. The van der Waals surface area contributed by atoms with Crippen molar-refractivity contribution in [2.24, 2.45) is 0 Å². The first-order valence-electron chi connectivity index (χ1n) is 9.52. The van der Waals surface area contributed by atoms with E-state index in [0.717, 1.165) is 24.3 Å². The molecule has 1 N–H and O–H groups in total. The topological polar surface area (TPSA) is 41.6 Å². The maximum atomic E-state index is 12.5. The minimum absolute atomic E-state index is 0.0409. The highest BCUT2D eigenvalue weighted by atomic mass is 32.1. The van der Waals surface area contributed by atoms with Crippen molar-refractivity contribution < 1.29 is 9.53 Å². The molecule has 0 saturated carbocycles. The smallest absolute Gasteiger partial charge is 0.224 e. The number of thiophene rings is 1. The minimum Gasteiger partial charge on any atom is -0.497 e. The number of carbonyl (C=O) groups is 1. The average Bonchev–Trinajstić information content (AvgIpc) is 3.40. The summed E-state index contributed by atoms with van der Waals surface area (Å²) in [5.74, 6) is 0.842. The molecule has 144 valence electrons. The molecular weight excluding hydrogens is 368 g/mol. The Morgan fingerprint density at radius 1 is 1.14 bits per heavy atom. The van der Waals surface area contributed by atoms with Gasteiger partial charge in [-0.05, 0) is 47.2 Å². The molecule has 2 heterocycles. The number of carbonyl (C=O) groups excluding carboxylic acids is 1. The van der Waals surface area contributed by atoms with Crippen molar-refractivity contribution in [1.29, 1.82) is 0 Å². The van der Waals surface area contributed by atoms with Crippen LogP contribution in [0.1, 0.15) is 22.0 Å². The van der Waals surface area contributed by atoms with Crippen LogP contribution in [0, 0.1) is 0 Å². The number of nitrogens with one attached hydrogen (secondary N) is 1. The van der Waals surface area contributed by atoms with Crippen LogP contribution in [0.15, 0.2) is 66.0 Å². The van der Waals surface area contributed by atoms with Gasteiger partial charge in [0.25, 0.3) is 0 Å². The van der Waals surface area contributed by atoms with Crippen molar-refractivity contribution in [2.45, 2.75) is 18.9 Å². The highest BCUT2D eigenvalue weighted by molar-refractivity contribution is 7.10. The lowest BCUT2D eigenvalue weighted by Crippen LogP contribution is -2.37. The van der Waals surface area contributed by atoms with Gasteiger partial charge in [-0.1, -0.05) is 36.4 Å². The van der Waals surface area contributed by atoms with Crippen molar-refractivity contribution in [2.75, 3.05) is 25.1 Å². The Morgan fingerprint density at radius 3 is 2.71 bits per heavy atom. The number of anilines is 1. The van der Waals surface area contributed by atoms with Gasteiger partial charge in [-0.25, -0.2) is 0 Å². The summed E-state index contributed by atoms with van der Waals surface area (Å²) in [5.41, 5.74) is 3.65. The number of para-hydroxylation sites is 1. The van der Waals surface area contributed by atoms with Crippen LogP contribution < -0.4 is 15.0 Å². The van der Waals surface area contributed by atoms with E-state index in [0.29, 0.717) is 13.0 Å². The summed E-state index contributed by atoms with van der Waals surface area (Å²) in [6.45, 7) is 1.58. The number of nitrogens with zero attached hydrogens (tertiary/aromatic N) is 1. The lowest BCUT2D eigenvalue weighted by Gasteiger charge is -2.30. The molecule has 28 heavy (non-hydrogen) atoms. The Kier molecular flexibility index (Phi) is 5.63. The number of amides is 1. The lowest BCUT2D eigenvalue weighted by atomic mass is 10.1. The lowest BCUT2D eigenvalue weighted by molar-refractivity contribution is -0.120. The Hall–Kier alpha value is -2.79. The zero-order valence-electron chi connectivity index (χ0n) is 15.9.